The minimum atomic E-state index is -0.266. The van der Waals surface area contributed by atoms with Gasteiger partial charge in [0.1, 0.15) is 12.4 Å². The van der Waals surface area contributed by atoms with E-state index in [1.165, 1.54) is 0 Å². The second kappa shape index (κ2) is 8.86. The highest BCUT2D eigenvalue weighted by atomic mass is 32.1. The summed E-state index contributed by atoms with van der Waals surface area (Å²) in [5.74, 6) is 0.769. The summed E-state index contributed by atoms with van der Waals surface area (Å²) in [6.07, 6.45) is 2.34. The van der Waals surface area contributed by atoms with Crippen molar-refractivity contribution in [3.63, 3.8) is 0 Å². The molecule has 0 radical (unpaired) electrons. The van der Waals surface area contributed by atoms with Gasteiger partial charge in [-0.25, -0.2) is 9.78 Å². The van der Waals surface area contributed by atoms with E-state index < -0.39 is 0 Å². The Morgan fingerprint density at radius 1 is 1.38 bits per heavy atom. The highest BCUT2D eigenvalue weighted by Crippen LogP contribution is 2.19. The van der Waals surface area contributed by atoms with E-state index in [1.807, 2.05) is 48.6 Å². The van der Waals surface area contributed by atoms with Crippen LogP contribution in [0.3, 0.4) is 0 Å². The molecule has 0 spiro atoms. The molecule has 1 saturated heterocycles. The maximum Gasteiger partial charge on any atom is 0.319 e. The smallest absolute Gasteiger partial charge is 0.319 e. The van der Waals surface area contributed by atoms with Crippen molar-refractivity contribution in [2.24, 2.45) is 0 Å². The van der Waals surface area contributed by atoms with Crippen molar-refractivity contribution in [3.05, 3.63) is 35.3 Å². The highest BCUT2D eigenvalue weighted by Gasteiger charge is 2.15. The van der Waals surface area contributed by atoms with E-state index in [0.29, 0.717) is 18.8 Å². The fourth-order valence-electron chi connectivity index (χ4n) is 2.53. The summed E-state index contributed by atoms with van der Waals surface area (Å²) in [6.45, 7) is 1.78. The summed E-state index contributed by atoms with van der Waals surface area (Å²) in [6, 6.07) is 7.05. The third-order valence-corrected chi connectivity index (χ3v) is 4.98. The zero-order valence-electron chi connectivity index (χ0n) is 15.0. The summed E-state index contributed by atoms with van der Waals surface area (Å²) >= 11 is 1.55. The molecule has 1 aromatic heterocycles. The van der Waals surface area contributed by atoms with Crippen LogP contribution in [0, 0.1) is 0 Å². The number of thiazole rings is 1. The van der Waals surface area contributed by atoms with Crippen LogP contribution in [0.5, 0.6) is 5.75 Å². The molecule has 1 aliphatic rings. The normalized spacial score (nSPS) is 16.3. The van der Waals surface area contributed by atoms with Gasteiger partial charge in [-0.1, -0.05) is 0 Å². The summed E-state index contributed by atoms with van der Waals surface area (Å²) in [5, 5.41) is 8.46. The molecule has 2 heterocycles. The molecule has 2 amide bonds. The van der Waals surface area contributed by atoms with Gasteiger partial charge in [0, 0.05) is 31.8 Å². The minimum absolute atomic E-state index is 0.192. The van der Waals surface area contributed by atoms with Crippen LogP contribution >= 0.6 is 11.3 Å². The Bertz CT molecular complexity index is 711. The first-order valence-corrected chi connectivity index (χ1v) is 9.49. The second-order valence-corrected chi connectivity index (χ2v) is 7.13. The highest BCUT2D eigenvalue weighted by molar-refractivity contribution is 7.13. The predicted octanol–water partition coefficient (Wildman–Crippen LogP) is 3.09. The number of nitrogens with zero attached hydrogens (tertiary/aromatic N) is 2. The zero-order chi connectivity index (χ0) is 18.4. The average molecular weight is 376 g/mol. The maximum atomic E-state index is 12.0. The molecule has 0 saturated carbocycles. The van der Waals surface area contributed by atoms with E-state index in [-0.39, 0.29) is 12.1 Å². The van der Waals surface area contributed by atoms with Gasteiger partial charge in [-0.3, -0.25) is 0 Å². The summed E-state index contributed by atoms with van der Waals surface area (Å²) in [4.78, 5) is 18.4. The molecule has 1 aliphatic heterocycles. The number of ether oxygens (including phenoxy) is 2. The van der Waals surface area contributed by atoms with Crippen molar-refractivity contribution >= 4 is 28.2 Å². The van der Waals surface area contributed by atoms with Gasteiger partial charge in [0.05, 0.1) is 18.3 Å². The van der Waals surface area contributed by atoms with Crippen LogP contribution in [0.2, 0.25) is 0 Å². The molecule has 1 atom stereocenters. The van der Waals surface area contributed by atoms with Gasteiger partial charge in [0.2, 0.25) is 0 Å². The molecule has 0 aliphatic carbocycles. The molecular formula is C18H24N4O3S. The molecular weight excluding hydrogens is 352 g/mol. The van der Waals surface area contributed by atoms with Crippen molar-refractivity contribution in [1.82, 2.24) is 10.3 Å². The van der Waals surface area contributed by atoms with Crippen molar-refractivity contribution in [3.8, 4) is 5.75 Å². The first-order valence-electron chi connectivity index (χ1n) is 8.61. The van der Waals surface area contributed by atoms with E-state index in [0.717, 1.165) is 36.0 Å². The fourth-order valence-corrected chi connectivity index (χ4v) is 3.29. The number of rotatable bonds is 7. The standard InChI is InChI=1S/C18H24N4O3S/c1-22(2)18-21-14(12-26-18)10-19-17(23)20-13-5-7-15(8-6-13)25-11-16-4-3-9-24-16/h5-8,12,16H,3-4,9-11H2,1-2H3,(H2,19,20,23)/t16-/m0/s1. The number of anilines is 2. The van der Waals surface area contributed by atoms with Crippen LogP contribution in [0.1, 0.15) is 18.5 Å². The molecule has 0 unspecified atom stereocenters. The number of nitrogens with one attached hydrogen (secondary N) is 2. The first kappa shape index (κ1) is 18.5. The van der Waals surface area contributed by atoms with E-state index in [9.17, 15) is 4.79 Å². The molecule has 140 valence electrons. The summed E-state index contributed by atoms with van der Waals surface area (Å²) < 4.78 is 11.2. The number of urea groups is 1. The van der Waals surface area contributed by atoms with Crippen molar-refractivity contribution in [2.75, 3.05) is 37.5 Å². The van der Waals surface area contributed by atoms with Crippen molar-refractivity contribution < 1.29 is 14.3 Å². The number of hydrogen-bond donors (Lipinski definition) is 2. The molecule has 1 fully saturated rings. The quantitative estimate of drug-likeness (QED) is 0.777. The monoisotopic (exact) mass is 376 g/mol. The predicted molar refractivity (Wildman–Crippen MR) is 103 cm³/mol. The van der Waals surface area contributed by atoms with Crippen LogP contribution in [-0.2, 0) is 11.3 Å². The third kappa shape index (κ3) is 5.34. The van der Waals surface area contributed by atoms with Crippen molar-refractivity contribution in [1.29, 1.82) is 0 Å². The van der Waals surface area contributed by atoms with Gasteiger partial charge in [-0.2, -0.15) is 0 Å². The van der Waals surface area contributed by atoms with E-state index in [4.69, 9.17) is 9.47 Å². The Kier molecular flexibility index (Phi) is 6.30. The first-order chi connectivity index (χ1) is 12.6. The lowest BCUT2D eigenvalue weighted by atomic mass is 10.2. The molecule has 3 rings (SSSR count). The molecule has 0 bridgehead atoms. The molecule has 1 aromatic carbocycles. The van der Waals surface area contributed by atoms with E-state index in [2.05, 4.69) is 15.6 Å². The Labute approximate surface area is 157 Å². The summed E-state index contributed by atoms with van der Waals surface area (Å²) in [5.41, 5.74) is 1.55. The lowest BCUT2D eigenvalue weighted by Crippen LogP contribution is -2.28. The second-order valence-electron chi connectivity index (χ2n) is 6.29. The van der Waals surface area contributed by atoms with Crippen LogP contribution in [0.4, 0.5) is 15.6 Å². The topological polar surface area (TPSA) is 75.7 Å². The molecule has 8 heteroatoms. The zero-order valence-corrected chi connectivity index (χ0v) is 15.8. The maximum absolute atomic E-state index is 12.0. The lowest BCUT2D eigenvalue weighted by molar-refractivity contribution is 0.0679. The summed E-state index contributed by atoms with van der Waals surface area (Å²) in [7, 11) is 3.88. The van der Waals surface area contributed by atoms with E-state index >= 15 is 0 Å². The van der Waals surface area contributed by atoms with Crippen molar-refractivity contribution in [2.45, 2.75) is 25.5 Å². The van der Waals surface area contributed by atoms with Gasteiger partial charge >= 0.3 is 6.03 Å². The lowest BCUT2D eigenvalue weighted by Gasteiger charge is -2.12. The number of benzene rings is 1. The van der Waals surface area contributed by atoms with Crippen LogP contribution in [0.15, 0.2) is 29.6 Å². The Morgan fingerprint density at radius 3 is 2.85 bits per heavy atom. The number of carbonyl (C=O) groups excluding carboxylic acids is 1. The number of carbonyl (C=O) groups is 1. The Morgan fingerprint density at radius 2 is 2.19 bits per heavy atom. The van der Waals surface area contributed by atoms with Gasteiger partial charge in [0.15, 0.2) is 5.13 Å². The molecule has 2 N–H and O–H groups in total. The van der Waals surface area contributed by atoms with Gasteiger partial charge in [-0.15, -0.1) is 11.3 Å². The fraction of sp³-hybridized carbons (Fsp3) is 0.444. The van der Waals surface area contributed by atoms with Crippen LogP contribution < -0.4 is 20.3 Å². The molecule has 2 aromatic rings. The average Bonchev–Trinajstić information content (AvgIpc) is 3.31. The van der Waals surface area contributed by atoms with Gasteiger partial charge in [-0.05, 0) is 37.1 Å². The Balaban J connectivity index is 1.41. The van der Waals surface area contributed by atoms with Crippen LogP contribution in [-0.4, -0.2) is 44.4 Å². The SMILES string of the molecule is CN(C)c1nc(CNC(=O)Nc2ccc(OC[C@@H]3CCCO3)cc2)cs1. The Hall–Kier alpha value is -2.32. The molecule has 7 nitrogen and oxygen atoms in total. The number of aromatic nitrogens is 1. The van der Waals surface area contributed by atoms with E-state index in [1.54, 1.807) is 11.3 Å². The third-order valence-electron chi connectivity index (χ3n) is 3.92. The minimum Gasteiger partial charge on any atom is -0.491 e. The molecule has 26 heavy (non-hydrogen) atoms. The number of amides is 2. The largest absolute Gasteiger partial charge is 0.491 e. The van der Waals surface area contributed by atoms with Gasteiger partial charge in [0.25, 0.3) is 0 Å². The number of hydrogen-bond acceptors (Lipinski definition) is 6. The van der Waals surface area contributed by atoms with Gasteiger partial charge < -0.3 is 25.0 Å². The van der Waals surface area contributed by atoms with Crippen LogP contribution in [0.25, 0.3) is 0 Å².